The first-order chi connectivity index (χ1) is 9.65. The summed E-state index contributed by atoms with van der Waals surface area (Å²) in [5.41, 5.74) is 1.92. The van der Waals surface area contributed by atoms with E-state index in [-0.39, 0.29) is 5.91 Å². The van der Waals surface area contributed by atoms with E-state index >= 15 is 0 Å². The number of rotatable bonds is 2. The number of imidazole rings is 1. The van der Waals surface area contributed by atoms with Crippen molar-refractivity contribution in [1.29, 1.82) is 0 Å². The number of halogens is 1. The minimum absolute atomic E-state index is 0.147. The van der Waals surface area contributed by atoms with Gasteiger partial charge >= 0.3 is 0 Å². The fourth-order valence-corrected chi connectivity index (χ4v) is 2.69. The van der Waals surface area contributed by atoms with Crippen LogP contribution in [-0.2, 0) is 4.79 Å². The minimum Gasteiger partial charge on any atom is -0.324 e. The van der Waals surface area contributed by atoms with Gasteiger partial charge in [0.1, 0.15) is 0 Å². The van der Waals surface area contributed by atoms with Crippen LogP contribution in [0, 0.1) is 0 Å². The average Bonchev–Trinajstić information content (AvgIpc) is 2.86. The minimum atomic E-state index is -0.147. The first-order valence-corrected chi connectivity index (χ1v) is 6.94. The lowest BCUT2D eigenvalue weighted by molar-refractivity contribution is -0.114. The molecule has 0 atom stereocenters. The standard InChI is InChI=1S/C15H12BrN3O/c1-9(20)18-15-17-8-14(19-15)12-6-2-5-11-10(12)4-3-7-13(11)16/h2-8H,1H3,(H2,17,18,19,20). The third kappa shape index (κ3) is 2.32. The summed E-state index contributed by atoms with van der Waals surface area (Å²) in [6.45, 7) is 1.46. The van der Waals surface area contributed by atoms with Crippen LogP contribution in [0.5, 0.6) is 0 Å². The Bertz CT molecular complexity index is 795. The number of carbonyl (C=O) groups is 1. The Balaban J connectivity index is 2.12. The number of amides is 1. The number of aromatic nitrogens is 2. The molecule has 3 aromatic rings. The average molecular weight is 330 g/mol. The number of hydrogen-bond acceptors (Lipinski definition) is 2. The lowest BCUT2D eigenvalue weighted by Gasteiger charge is -2.06. The normalized spacial score (nSPS) is 10.7. The monoisotopic (exact) mass is 329 g/mol. The number of aromatic amines is 1. The molecule has 4 nitrogen and oxygen atoms in total. The zero-order chi connectivity index (χ0) is 14.1. The molecule has 0 spiro atoms. The molecule has 2 N–H and O–H groups in total. The van der Waals surface area contributed by atoms with Gasteiger partial charge in [-0.15, -0.1) is 0 Å². The second kappa shape index (κ2) is 5.09. The van der Waals surface area contributed by atoms with Crippen LogP contribution in [0.1, 0.15) is 6.92 Å². The second-order valence-corrected chi connectivity index (χ2v) is 5.32. The first kappa shape index (κ1) is 12.9. The summed E-state index contributed by atoms with van der Waals surface area (Å²) in [5, 5.41) is 4.90. The summed E-state index contributed by atoms with van der Waals surface area (Å²) in [4.78, 5) is 18.3. The van der Waals surface area contributed by atoms with Crippen LogP contribution in [0.4, 0.5) is 5.95 Å². The van der Waals surface area contributed by atoms with Gasteiger partial charge in [-0.25, -0.2) is 4.98 Å². The molecule has 2 aromatic carbocycles. The zero-order valence-electron chi connectivity index (χ0n) is 10.8. The summed E-state index contributed by atoms with van der Waals surface area (Å²) in [7, 11) is 0. The Kier molecular flexibility index (Phi) is 3.28. The van der Waals surface area contributed by atoms with Crippen LogP contribution < -0.4 is 5.32 Å². The molecule has 0 aliphatic carbocycles. The molecule has 1 amide bonds. The quantitative estimate of drug-likeness (QED) is 0.747. The topological polar surface area (TPSA) is 57.8 Å². The third-order valence-electron chi connectivity index (χ3n) is 3.03. The van der Waals surface area contributed by atoms with E-state index in [0.29, 0.717) is 5.95 Å². The number of benzene rings is 2. The van der Waals surface area contributed by atoms with Crippen LogP contribution >= 0.6 is 15.9 Å². The highest BCUT2D eigenvalue weighted by Crippen LogP contribution is 2.31. The summed E-state index contributed by atoms with van der Waals surface area (Å²) in [6, 6.07) is 12.2. The number of nitrogens with one attached hydrogen (secondary N) is 2. The van der Waals surface area contributed by atoms with Gasteiger partial charge < -0.3 is 4.98 Å². The molecule has 0 fully saturated rings. The molecule has 0 radical (unpaired) electrons. The van der Waals surface area contributed by atoms with Gasteiger partial charge in [-0.1, -0.05) is 46.3 Å². The van der Waals surface area contributed by atoms with Gasteiger partial charge in [0.2, 0.25) is 11.9 Å². The van der Waals surface area contributed by atoms with Gasteiger partial charge in [0.05, 0.1) is 11.9 Å². The Morgan fingerprint density at radius 2 is 1.95 bits per heavy atom. The van der Waals surface area contributed by atoms with Crippen molar-refractivity contribution in [2.45, 2.75) is 6.92 Å². The zero-order valence-corrected chi connectivity index (χ0v) is 12.4. The van der Waals surface area contributed by atoms with E-state index in [4.69, 9.17) is 0 Å². The van der Waals surface area contributed by atoms with Crippen molar-refractivity contribution < 1.29 is 4.79 Å². The summed E-state index contributed by atoms with van der Waals surface area (Å²) < 4.78 is 1.05. The van der Waals surface area contributed by atoms with Gasteiger partial charge in [0.25, 0.3) is 0 Å². The number of carbonyl (C=O) groups excluding carboxylic acids is 1. The fraction of sp³-hybridized carbons (Fsp3) is 0.0667. The Morgan fingerprint density at radius 1 is 1.20 bits per heavy atom. The number of nitrogens with zero attached hydrogens (tertiary/aromatic N) is 1. The van der Waals surface area contributed by atoms with Crippen LogP contribution in [0.3, 0.4) is 0 Å². The molecule has 0 aliphatic rings. The van der Waals surface area contributed by atoms with Crippen molar-refractivity contribution in [3.63, 3.8) is 0 Å². The number of fused-ring (bicyclic) bond motifs is 1. The highest BCUT2D eigenvalue weighted by Gasteiger charge is 2.08. The molecule has 0 unspecified atom stereocenters. The maximum Gasteiger partial charge on any atom is 0.223 e. The predicted molar refractivity (Wildman–Crippen MR) is 83.5 cm³/mol. The Morgan fingerprint density at radius 3 is 2.75 bits per heavy atom. The van der Waals surface area contributed by atoms with Crippen LogP contribution in [0.15, 0.2) is 47.1 Å². The summed E-state index contributed by atoms with van der Waals surface area (Å²) in [5.74, 6) is 0.311. The van der Waals surface area contributed by atoms with Gasteiger partial charge in [-0.3, -0.25) is 10.1 Å². The van der Waals surface area contributed by atoms with E-state index in [1.165, 1.54) is 6.92 Å². The lowest BCUT2D eigenvalue weighted by atomic mass is 10.0. The highest BCUT2D eigenvalue weighted by molar-refractivity contribution is 9.10. The van der Waals surface area contributed by atoms with E-state index in [2.05, 4.69) is 43.3 Å². The molecule has 1 aromatic heterocycles. The molecule has 5 heteroatoms. The molecular formula is C15H12BrN3O. The van der Waals surface area contributed by atoms with Gasteiger partial charge in [0.15, 0.2) is 0 Å². The molecule has 1 heterocycles. The second-order valence-electron chi connectivity index (χ2n) is 4.47. The number of H-pyrrole nitrogens is 1. The number of hydrogen-bond donors (Lipinski definition) is 2. The molecule has 0 bridgehead atoms. The predicted octanol–water partition coefficient (Wildman–Crippen LogP) is 3.95. The van der Waals surface area contributed by atoms with Gasteiger partial charge in [-0.2, -0.15) is 0 Å². The van der Waals surface area contributed by atoms with E-state index in [1.807, 2.05) is 24.3 Å². The largest absolute Gasteiger partial charge is 0.324 e. The van der Waals surface area contributed by atoms with E-state index in [1.54, 1.807) is 6.20 Å². The van der Waals surface area contributed by atoms with Crippen molar-refractivity contribution in [1.82, 2.24) is 9.97 Å². The maximum atomic E-state index is 11.0. The molecule has 0 aliphatic heterocycles. The van der Waals surface area contributed by atoms with Crippen molar-refractivity contribution in [2.24, 2.45) is 0 Å². The van der Waals surface area contributed by atoms with Crippen LogP contribution in [-0.4, -0.2) is 15.9 Å². The third-order valence-corrected chi connectivity index (χ3v) is 3.72. The van der Waals surface area contributed by atoms with Gasteiger partial charge in [-0.05, 0) is 16.8 Å². The van der Waals surface area contributed by atoms with Crippen molar-refractivity contribution >= 4 is 38.6 Å². The van der Waals surface area contributed by atoms with Crippen LogP contribution in [0.2, 0.25) is 0 Å². The van der Waals surface area contributed by atoms with Crippen LogP contribution in [0.25, 0.3) is 22.0 Å². The van der Waals surface area contributed by atoms with E-state index in [0.717, 1.165) is 26.5 Å². The first-order valence-electron chi connectivity index (χ1n) is 6.15. The van der Waals surface area contributed by atoms with Crippen molar-refractivity contribution in [3.05, 3.63) is 47.1 Å². The maximum absolute atomic E-state index is 11.0. The van der Waals surface area contributed by atoms with Crippen molar-refractivity contribution in [2.75, 3.05) is 5.32 Å². The molecule has 0 saturated heterocycles. The smallest absolute Gasteiger partial charge is 0.223 e. The molecule has 0 saturated carbocycles. The number of anilines is 1. The fourth-order valence-electron chi connectivity index (χ4n) is 2.19. The molecular weight excluding hydrogens is 318 g/mol. The molecule has 100 valence electrons. The van der Waals surface area contributed by atoms with E-state index < -0.39 is 0 Å². The summed E-state index contributed by atoms with van der Waals surface area (Å²) >= 11 is 3.56. The Hall–Kier alpha value is -2.14. The SMILES string of the molecule is CC(=O)Nc1ncc(-c2cccc3c(Br)cccc23)[nH]1. The molecule has 3 rings (SSSR count). The van der Waals surface area contributed by atoms with Gasteiger partial charge in [0, 0.05) is 17.0 Å². The van der Waals surface area contributed by atoms with E-state index in [9.17, 15) is 4.79 Å². The molecule has 20 heavy (non-hydrogen) atoms. The highest BCUT2D eigenvalue weighted by atomic mass is 79.9. The Labute approximate surface area is 124 Å². The lowest BCUT2D eigenvalue weighted by Crippen LogP contribution is -2.06. The summed E-state index contributed by atoms with van der Waals surface area (Å²) in [6.07, 6.45) is 1.72. The van der Waals surface area contributed by atoms with Crippen molar-refractivity contribution in [3.8, 4) is 11.3 Å².